The predicted molar refractivity (Wildman–Crippen MR) is 74.0 cm³/mol. The van der Waals surface area contributed by atoms with E-state index < -0.39 is 0 Å². The molecule has 3 nitrogen and oxygen atoms in total. The molecule has 1 saturated carbocycles. The fraction of sp³-hybridized carbons (Fsp3) is 0.375. The maximum absolute atomic E-state index is 13.6. The summed E-state index contributed by atoms with van der Waals surface area (Å²) in [5.41, 5.74) is 1.93. The van der Waals surface area contributed by atoms with Gasteiger partial charge in [0.2, 0.25) is 0 Å². The zero-order chi connectivity index (χ0) is 13.9. The first-order valence-corrected chi connectivity index (χ1v) is 6.90. The molecule has 1 aliphatic carbocycles. The molecule has 0 unspecified atom stereocenters. The Hall–Kier alpha value is -1.81. The molecule has 0 amide bonds. The van der Waals surface area contributed by atoms with Gasteiger partial charge >= 0.3 is 0 Å². The van der Waals surface area contributed by atoms with Crippen molar-refractivity contribution in [2.45, 2.75) is 39.0 Å². The highest BCUT2D eigenvalue weighted by atomic mass is 19.1. The summed E-state index contributed by atoms with van der Waals surface area (Å²) in [5.74, 6) is 0.814. The standard InChI is InChI=1S/C16H18FNO2/c1-11-2-5-14(17)15(8-11)20-10-12-6-7-19-16(12)9-18-13-3-4-13/h2,5-8,13,18H,3-4,9-10H2,1H3. The van der Waals surface area contributed by atoms with Crippen LogP contribution in [0.15, 0.2) is 34.9 Å². The van der Waals surface area contributed by atoms with E-state index >= 15 is 0 Å². The number of ether oxygens (including phenoxy) is 1. The third-order valence-electron chi connectivity index (χ3n) is 3.44. The molecular formula is C16H18FNO2. The third-order valence-corrected chi connectivity index (χ3v) is 3.44. The highest BCUT2D eigenvalue weighted by Gasteiger charge is 2.21. The second-order valence-electron chi connectivity index (χ2n) is 5.25. The lowest BCUT2D eigenvalue weighted by molar-refractivity contribution is 0.286. The minimum Gasteiger partial charge on any atom is -0.486 e. The number of hydrogen-bond donors (Lipinski definition) is 1. The van der Waals surface area contributed by atoms with Crippen molar-refractivity contribution in [3.05, 3.63) is 53.2 Å². The summed E-state index contributed by atoms with van der Waals surface area (Å²) >= 11 is 0. The smallest absolute Gasteiger partial charge is 0.165 e. The maximum atomic E-state index is 13.6. The van der Waals surface area contributed by atoms with Crippen molar-refractivity contribution in [1.82, 2.24) is 5.32 Å². The van der Waals surface area contributed by atoms with Crippen LogP contribution < -0.4 is 10.1 Å². The van der Waals surface area contributed by atoms with Crippen LogP contribution in [0, 0.1) is 12.7 Å². The van der Waals surface area contributed by atoms with Crippen molar-refractivity contribution in [2.75, 3.05) is 0 Å². The molecule has 0 bridgehead atoms. The van der Waals surface area contributed by atoms with Crippen LogP contribution in [0.3, 0.4) is 0 Å². The van der Waals surface area contributed by atoms with Gasteiger partial charge in [-0.25, -0.2) is 4.39 Å². The first kappa shape index (κ1) is 13.2. The molecule has 106 valence electrons. The Balaban J connectivity index is 1.62. The van der Waals surface area contributed by atoms with Gasteiger partial charge in [0, 0.05) is 11.6 Å². The molecule has 0 radical (unpaired) electrons. The second kappa shape index (κ2) is 5.67. The van der Waals surface area contributed by atoms with Crippen molar-refractivity contribution >= 4 is 0 Å². The quantitative estimate of drug-likeness (QED) is 0.875. The Bertz CT molecular complexity index is 590. The molecule has 0 saturated heterocycles. The molecule has 4 heteroatoms. The van der Waals surface area contributed by atoms with Gasteiger partial charge in [-0.2, -0.15) is 0 Å². The molecule has 20 heavy (non-hydrogen) atoms. The van der Waals surface area contributed by atoms with E-state index in [1.807, 2.05) is 13.0 Å². The molecule has 3 rings (SSSR count). The summed E-state index contributed by atoms with van der Waals surface area (Å²) in [6, 6.07) is 7.36. The van der Waals surface area contributed by atoms with Crippen molar-refractivity contribution in [1.29, 1.82) is 0 Å². The Morgan fingerprint density at radius 2 is 2.20 bits per heavy atom. The number of aryl methyl sites for hydroxylation is 1. The summed E-state index contributed by atoms with van der Waals surface area (Å²) in [5, 5.41) is 3.39. The largest absolute Gasteiger partial charge is 0.486 e. The molecule has 1 heterocycles. The maximum Gasteiger partial charge on any atom is 0.165 e. The van der Waals surface area contributed by atoms with Gasteiger partial charge in [-0.15, -0.1) is 0 Å². The Kier molecular flexibility index (Phi) is 3.74. The second-order valence-corrected chi connectivity index (χ2v) is 5.25. The van der Waals surface area contributed by atoms with E-state index in [1.165, 1.54) is 18.9 Å². The summed E-state index contributed by atoms with van der Waals surface area (Å²) in [4.78, 5) is 0. The first-order chi connectivity index (χ1) is 9.72. The van der Waals surface area contributed by atoms with Crippen molar-refractivity contribution in [3.8, 4) is 5.75 Å². The zero-order valence-corrected chi connectivity index (χ0v) is 11.5. The fourth-order valence-electron chi connectivity index (χ4n) is 2.05. The number of hydrogen-bond acceptors (Lipinski definition) is 3. The van der Waals surface area contributed by atoms with Gasteiger partial charge in [0.15, 0.2) is 11.6 Å². The highest BCUT2D eigenvalue weighted by Crippen LogP contribution is 2.22. The summed E-state index contributed by atoms with van der Waals surface area (Å²) in [6.45, 7) is 2.93. The van der Waals surface area contributed by atoms with Gasteiger partial charge in [-0.05, 0) is 43.5 Å². The molecule has 2 aromatic rings. The summed E-state index contributed by atoms with van der Waals surface area (Å²) in [7, 11) is 0. The summed E-state index contributed by atoms with van der Waals surface area (Å²) in [6.07, 6.45) is 4.12. The lowest BCUT2D eigenvalue weighted by Crippen LogP contribution is -2.16. The van der Waals surface area contributed by atoms with E-state index in [-0.39, 0.29) is 11.6 Å². The highest BCUT2D eigenvalue weighted by molar-refractivity contribution is 5.30. The van der Waals surface area contributed by atoms with Crippen LogP contribution >= 0.6 is 0 Å². The predicted octanol–water partition coefficient (Wildman–Crippen LogP) is 3.56. The lowest BCUT2D eigenvalue weighted by atomic mass is 10.2. The normalized spacial score (nSPS) is 14.5. The molecule has 0 aliphatic heterocycles. The number of rotatable bonds is 6. The molecule has 1 aliphatic rings. The summed E-state index contributed by atoms with van der Waals surface area (Å²) < 4.78 is 24.6. The fourth-order valence-corrected chi connectivity index (χ4v) is 2.05. The third kappa shape index (κ3) is 3.20. The SMILES string of the molecule is Cc1ccc(F)c(OCc2ccoc2CNC2CC2)c1. The van der Waals surface area contributed by atoms with Gasteiger partial charge in [0.25, 0.3) is 0 Å². The average molecular weight is 275 g/mol. The van der Waals surface area contributed by atoms with E-state index in [4.69, 9.17) is 9.15 Å². The van der Waals surface area contributed by atoms with E-state index in [2.05, 4.69) is 5.32 Å². The Morgan fingerprint density at radius 1 is 1.35 bits per heavy atom. The lowest BCUT2D eigenvalue weighted by Gasteiger charge is -2.08. The van der Waals surface area contributed by atoms with Gasteiger partial charge in [0.05, 0.1) is 12.8 Å². The van der Waals surface area contributed by atoms with Crippen molar-refractivity contribution in [2.24, 2.45) is 0 Å². The van der Waals surface area contributed by atoms with Crippen molar-refractivity contribution in [3.63, 3.8) is 0 Å². The minimum absolute atomic E-state index is 0.285. The van der Waals surface area contributed by atoms with Crippen LogP contribution in [-0.2, 0) is 13.2 Å². The van der Waals surface area contributed by atoms with E-state index in [0.29, 0.717) is 19.2 Å². The van der Waals surface area contributed by atoms with Gasteiger partial charge in [-0.3, -0.25) is 0 Å². The van der Waals surface area contributed by atoms with E-state index in [9.17, 15) is 4.39 Å². The van der Waals surface area contributed by atoms with Crippen LogP contribution in [0.5, 0.6) is 5.75 Å². The van der Waals surface area contributed by atoms with E-state index in [0.717, 1.165) is 16.9 Å². The average Bonchev–Trinajstić information content (AvgIpc) is 3.16. The van der Waals surface area contributed by atoms with Gasteiger partial charge < -0.3 is 14.5 Å². The van der Waals surface area contributed by atoms with E-state index in [1.54, 1.807) is 18.4 Å². The van der Waals surface area contributed by atoms with Crippen LogP contribution in [0.1, 0.15) is 29.7 Å². The van der Waals surface area contributed by atoms with Gasteiger partial charge in [-0.1, -0.05) is 6.07 Å². The molecule has 0 atom stereocenters. The number of nitrogens with one attached hydrogen (secondary N) is 1. The molecule has 0 spiro atoms. The van der Waals surface area contributed by atoms with Crippen LogP contribution in [0.4, 0.5) is 4.39 Å². The number of halogens is 1. The van der Waals surface area contributed by atoms with Crippen LogP contribution in [-0.4, -0.2) is 6.04 Å². The number of furan rings is 1. The van der Waals surface area contributed by atoms with Gasteiger partial charge in [0.1, 0.15) is 12.4 Å². The minimum atomic E-state index is -0.336. The number of benzene rings is 1. The van der Waals surface area contributed by atoms with Crippen LogP contribution in [0.2, 0.25) is 0 Å². The zero-order valence-electron chi connectivity index (χ0n) is 11.5. The Morgan fingerprint density at radius 3 is 3.00 bits per heavy atom. The van der Waals surface area contributed by atoms with Crippen molar-refractivity contribution < 1.29 is 13.5 Å². The molecule has 1 aromatic carbocycles. The monoisotopic (exact) mass is 275 g/mol. The molecule has 1 N–H and O–H groups in total. The Labute approximate surface area is 117 Å². The van der Waals surface area contributed by atoms with Crippen LogP contribution in [0.25, 0.3) is 0 Å². The molecule has 1 fully saturated rings. The topological polar surface area (TPSA) is 34.4 Å². The first-order valence-electron chi connectivity index (χ1n) is 6.90. The molecule has 1 aromatic heterocycles. The molecular weight excluding hydrogens is 257 g/mol.